The molecular formula is C9H22N2O2S. The normalized spacial score (nSPS) is 12.3. The first kappa shape index (κ1) is 13.9. The van der Waals surface area contributed by atoms with Gasteiger partial charge in [0.15, 0.2) is 0 Å². The van der Waals surface area contributed by atoms with Gasteiger partial charge in [0.2, 0.25) is 10.0 Å². The molecule has 0 aromatic heterocycles. The number of sulfonamides is 1. The van der Waals surface area contributed by atoms with Gasteiger partial charge in [-0.05, 0) is 32.4 Å². The van der Waals surface area contributed by atoms with Crippen molar-refractivity contribution in [2.75, 3.05) is 25.9 Å². The molecule has 0 unspecified atom stereocenters. The van der Waals surface area contributed by atoms with Gasteiger partial charge in [0.25, 0.3) is 0 Å². The van der Waals surface area contributed by atoms with Crippen LogP contribution in [0.5, 0.6) is 0 Å². The number of hydrogen-bond donors (Lipinski definition) is 2. The van der Waals surface area contributed by atoms with E-state index in [0.29, 0.717) is 18.9 Å². The molecule has 0 bridgehead atoms. The highest BCUT2D eigenvalue weighted by molar-refractivity contribution is 7.89. The van der Waals surface area contributed by atoms with Crippen LogP contribution in [0.3, 0.4) is 0 Å². The summed E-state index contributed by atoms with van der Waals surface area (Å²) >= 11 is 0. The summed E-state index contributed by atoms with van der Waals surface area (Å²) in [7, 11) is -1.22. The van der Waals surface area contributed by atoms with Crippen LogP contribution >= 0.6 is 0 Å². The Labute approximate surface area is 87.5 Å². The first-order valence-corrected chi connectivity index (χ1v) is 6.75. The zero-order valence-electron chi connectivity index (χ0n) is 9.34. The van der Waals surface area contributed by atoms with E-state index >= 15 is 0 Å². The van der Waals surface area contributed by atoms with Gasteiger partial charge in [0.05, 0.1) is 5.75 Å². The smallest absolute Gasteiger partial charge is 0.211 e. The van der Waals surface area contributed by atoms with E-state index in [1.807, 2.05) is 7.05 Å². The lowest BCUT2D eigenvalue weighted by molar-refractivity contribution is 0.549. The van der Waals surface area contributed by atoms with E-state index in [0.717, 1.165) is 13.0 Å². The van der Waals surface area contributed by atoms with Gasteiger partial charge in [-0.25, -0.2) is 13.1 Å². The lowest BCUT2D eigenvalue weighted by Crippen LogP contribution is -2.29. The van der Waals surface area contributed by atoms with E-state index in [9.17, 15) is 8.42 Å². The fraction of sp³-hybridized carbons (Fsp3) is 1.00. The van der Waals surface area contributed by atoms with Gasteiger partial charge in [-0.3, -0.25) is 0 Å². The van der Waals surface area contributed by atoms with Crippen LogP contribution in [-0.4, -0.2) is 34.3 Å². The van der Waals surface area contributed by atoms with Crippen LogP contribution in [0.25, 0.3) is 0 Å². The maximum absolute atomic E-state index is 11.3. The molecule has 2 N–H and O–H groups in total. The van der Waals surface area contributed by atoms with Gasteiger partial charge < -0.3 is 5.32 Å². The average molecular weight is 222 g/mol. The van der Waals surface area contributed by atoms with Crippen LogP contribution in [0.1, 0.15) is 26.7 Å². The van der Waals surface area contributed by atoms with Crippen LogP contribution in [0.4, 0.5) is 0 Å². The molecule has 0 saturated carbocycles. The molecule has 14 heavy (non-hydrogen) atoms. The Morgan fingerprint density at radius 3 is 2.36 bits per heavy atom. The number of rotatable bonds is 8. The van der Waals surface area contributed by atoms with Crippen molar-refractivity contribution in [3.8, 4) is 0 Å². The van der Waals surface area contributed by atoms with Crippen molar-refractivity contribution in [1.29, 1.82) is 0 Å². The molecule has 0 saturated heterocycles. The van der Waals surface area contributed by atoms with Crippen LogP contribution < -0.4 is 10.0 Å². The summed E-state index contributed by atoms with van der Waals surface area (Å²) in [4.78, 5) is 0. The summed E-state index contributed by atoms with van der Waals surface area (Å²) in [6, 6.07) is 0. The highest BCUT2D eigenvalue weighted by Crippen LogP contribution is 1.98. The SMILES string of the molecule is CNCCCS(=O)(=O)NCCC(C)C. The van der Waals surface area contributed by atoms with E-state index in [1.54, 1.807) is 0 Å². The minimum absolute atomic E-state index is 0.214. The standard InChI is InChI=1S/C9H22N2O2S/c1-9(2)5-7-11-14(12,13)8-4-6-10-3/h9-11H,4-8H2,1-3H3. The molecule has 0 fully saturated rings. The van der Waals surface area contributed by atoms with Crippen LogP contribution in [-0.2, 0) is 10.0 Å². The molecule has 0 aliphatic heterocycles. The summed E-state index contributed by atoms with van der Waals surface area (Å²) in [5, 5.41) is 2.92. The molecule has 0 atom stereocenters. The Hall–Kier alpha value is -0.130. The van der Waals surface area contributed by atoms with Crippen molar-refractivity contribution in [2.45, 2.75) is 26.7 Å². The predicted octanol–water partition coefficient (Wildman–Crippen LogP) is 0.561. The Balaban J connectivity index is 3.62. The molecule has 0 aliphatic rings. The highest BCUT2D eigenvalue weighted by Gasteiger charge is 2.08. The van der Waals surface area contributed by atoms with E-state index in [1.165, 1.54) is 0 Å². The Bertz CT molecular complexity index is 225. The summed E-state index contributed by atoms with van der Waals surface area (Å²) < 4.78 is 25.3. The lowest BCUT2D eigenvalue weighted by atomic mass is 10.1. The summed E-state index contributed by atoms with van der Waals surface area (Å²) in [6.45, 7) is 5.45. The Morgan fingerprint density at radius 2 is 1.86 bits per heavy atom. The zero-order chi connectivity index (χ0) is 11.0. The molecule has 0 radical (unpaired) electrons. The summed E-state index contributed by atoms with van der Waals surface area (Å²) in [6.07, 6.45) is 1.55. The molecule has 0 heterocycles. The minimum Gasteiger partial charge on any atom is -0.320 e. The van der Waals surface area contributed by atoms with E-state index < -0.39 is 10.0 Å². The van der Waals surface area contributed by atoms with Crippen molar-refractivity contribution in [3.63, 3.8) is 0 Å². The van der Waals surface area contributed by atoms with Crippen molar-refractivity contribution in [2.24, 2.45) is 5.92 Å². The van der Waals surface area contributed by atoms with Crippen LogP contribution in [0.15, 0.2) is 0 Å². The van der Waals surface area contributed by atoms with Gasteiger partial charge in [0, 0.05) is 6.54 Å². The fourth-order valence-corrected chi connectivity index (χ4v) is 2.11. The van der Waals surface area contributed by atoms with Gasteiger partial charge in [-0.15, -0.1) is 0 Å². The molecule has 0 amide bonds. The van der Waals surface area contributed by atoms with Crippen LogP contribution in [0, 0.1) is 5.92 Å². The summed E-state index contributed by atoms with van der Waals surface area (Å²) in [5.74, 6) is 0.751. The second-order valence-corrected chi connectivity index (χ2v) is 5.78. The van der Waals surface area contributed by atoms with Gasteiger partial charge in [-0.2, -0.15) is 0 Å². The highest BCUT2D eigenvalue weighted by atomic mass is 32.2. The predicted molar refractivity (Wildman–Crippen MR) is 59.8 cm³/mol. The van der Waals surface area contributed by atoms with E-state index in [-0.39, 0.29) is 5.75 Å². The molecule has 0 aromatic carbocycles. The number of hydrogen-bond acceptors (Lipinski definition) is 3. The average Bonchev–Trinajstić information content (AvgIpc) is 2.03. The molecule has 0 rings (SSSR count). The molecular weight excluding hydrogens is 200 g/mol. The van der Waals surface area contributed by atoms with Crippen molar-refractivity contribution >= 4 is 10.0 Å². The first-order chi connectivity index (χ1) is 6.48. The second-order valence-electron chi connectivity index (χ2n) is 3.85. The van der Waals surface area contributed by atoms with E-state index in [2.05, 4.69) is 23.9 Å². The quantitative estimate of drug-likeness (QED) is 0.590. The molecule has 86 valence electrons. The first-order valence-electron chi connectivity index (χ1n) is 5.10. The lowest BCUT2D eigenvalue weighted by Gasteiger charge is -2.07. The fourth-order valence-electron chi connectivity index (χ4n) is 1.01. The number of nitrogens with one attached hydrogen (secondary N) is 2. The van der Waals surface area contributed by atoms with Gasteiger partial charge in [-0.1, -0.05) is 13.8 Å². The molecule has 5 heteroatoms. The maximum Gasteiger partial charge on any atom is 0.211 e. The zero-order valence-corrected chi connectivity index (χ0v) is 10.2. The van der Waals surface area contributed by atoms with Gasteiger partial charge in [0.1, 0.15) is 0 Å². The van der Waals surface area contributed by atoms with Crippen molar-refractivity contribution in [1.82, 2.24) is 10.0 Å². The molecule has 0 aliphatic carbocycles. The topological polar surface area (TPSA) is 58.2 Å². The van der Waals surface area contributed by atoms with E-state index in [4.69, 9.17) is 0 Å². The molecule has 0 spiro atoms. The molecule has 4 nitrogen and oxygen atoms in total. The largest absolute Gasteiger partial charge is 0.320 e. The maximum atomic E-state index is 11.3. The third-order valence-electron chi connectivity index (χ3n) is 1.88. The Morgan fingerprint density at radius 1 is 1.21 bits per heavy atom. The minimum atomic E-state index is -3.04. The second kappa shape index (κ2) is 7.20. The Kier molecular flexibility index (Phi) is 7.13. The van der Waals surface area contributed by atoms with Crippen molar-refractivity contribution < 1.29 is 8.42 Å². The third-order valence-corrected chi connectivity index (χ3v) is 3.35. The van der Waals surface area contributed by atoms with Crippen molar-refractivity contribution in [3.05, 3.63) is 0 Å². The van der Waals surface area contributed by atoms with Gasteiger partial charge >= 0.3 is 0 Å². The molecule has 0 aromatic rings. The monoisotopic (exact) mass is 222 g/mol. The van der Waals surface area contributed by atoms with Crippen LogP contribution in [0.2, 0.25) is 0 Å². The summed E-state index contributed by atoms with van der Waals surface area (Å²) in [5.41, 5.74) is 0. The third kappa shape index (κ3) is 8.47.